The standard InChI is InChI=1S/C15H11N3.C10H8N2.C5H5N.Ru/c1-3-10-16-12(6-1)14-8-5-9-15(18-14)13-7-2-4-11-17-13;1-3-7-11-9(5-1)10-6-2-4-8-12-10;1-2-4-6-5-3-1;/h1-11H;1-8H;1-5H;/q;;;+2. The van der Waals surface area contributed by atoms with Crippen LogP contribution >= 0.6 is 0 Å². The molecular weight excluding hydrogens is 545 g/mol. The van der Waals surface area contributed by atoms with Crippen molar-refractivity contribution in [2.24, 2.45) is 0 Å². The van der Waals surface area contributed by atoms with Gasteiger partial charge in [0.15, 0.2) is 0 Å². The second kappa shape index (κ2) is 15.5. The van der Waals surface area contributed by atoms with Crippen molar-refractivity contribution in [3.63, 3.8) is 0 Å². The van der Waals surface area contributed by atoms with Gasteiger partial charge >= 0.3 is 19.5 Å². The Kier molecular flexibility index (Phi) is 11.4. The van der Waals surface area contributed by atoms with E-state index in [2.05, 4.69) is 29.9 Å². The maximum absolute atomic E-state index is 4.59. The van der Waals surface area contributed by atoms with Crippen molar-refractivity contribution in [1.29, 1.82) is 0 Å². The van der Waals surface area contributed by atoms with Crippen LogP contribution in [0.2, 0.25) is 0 Å². The van der Waals surface area contributed by atoms with E-state index in [1.165, 1.54) is 0 Å². The summed E-state index contributed by atoms with van der Waals surface area (Å²) in [7, 11) is 0. The molecule has 0 aromatic carbocycles. The third-order valence-electron chi connectivity index (χ3n) is 4.76. The molecule has 0 N–H and O–H groups in total. The third kappa shape index (κ3) is 8.91. The first kappa shape index (κ1) is 27.1. The molecule has 0 aliphatic heterocycles. The van der Waals surface area contributed by atoms with E-state index >= 15 is 0 Å². The fraction of sp³-hybridized carbons (Fsp3) is 0. The first-order valence-electron chi connectivity index (χ1n) is 11.4. The summed E-state index contributed by atoms with van der Waals surface area (Å²) in [5.41, 5.74) is 5.29. The van der Waals surface area contributed by atoms with Crippen molar-refractivity contribution in [3.8, 4) is 34.2 Å². The molecule has 7 heteroatoms. The van der Waals surface area contributed by atoms with Gasteiger partial charge < -0.3 is 0 Å². The van der Waals surface area contributed by atoms with Crippen molar-refractivity contribution >= 4 is 0 Å². The van der Waals surface area contributed by atoms with Crippen LogP contribution < -0.4 is 0 Å². The van der Waals surface area contributed by atoms with Crippen molar-refractivity contribution in [2.75, 3.05) is 0 Å². The van der Waals surface area contributed by atoms with Gasteiger partial charge in [-0.05, 0) is 72.8 Å². The predicted molar refractivity (Wildman–Crippen MR) is 142 cm³/mol. The molecule has 6 nitrogen and oxygen atoms in total. The maximum Gasteiger partial charge on any atom is 2.00 e. The Morgan fingerprint density at radius 2 is 0.622 bits per heavy atom. The minimum Gasteiger partial charge on any atom is -0.265 e. The topological polar surface area (TPSA) is 77.3 Å². The minimum absolute atomic E-state index is 0. The molecule has 0 spiro atoms. The van der Waals surface area contributed by atoms with Crippen LogP contribution in [0.5, 0.6) is 0 Å². The monoisotopic (exact) mass is 570 g/mol. The second-order valence-electron chi connectivity index (χ2n) is 7.29. The molecular formula is C30H24N6Ru+2. The Bertz CT molecular complexity index is 1290. The molecule has 6 rings (SSSR count). The number of nitrogens with zero attached hydrogens (tertiary/aromatic N) is 6. The largest absolute Gasteiger partial charge is 2.00 e. The molecule has 0 fully saturated rings. The zero-order valence-corrected chi connectivity index (χ0v) is 21.6. The smallest absolute Gasteiger partial charge is 0.265 e. The molecule has 6 aromatic heterocycles. The molecule has 37 heavy (non-hydrogen) atoms. The van der Waals surface area contributed by atoms with Crippen LogP contribution in [-0.2, 0) is 19.5 Å². The summed E-state index contributed by atoms with van der Waals surface area (Å²) in [4.78, 5) is 25.3. The number of hydrogen-bond acceptors (Lipinski definition) is 6. The quantitative estimate of drug-likeness (QED) is 0.229. The molecule has 6 heterocycles. The SMILES string of the molecule is [Ru+2].c1ccc(-c2cccc(-c3ccccn3)n2)nc1.c1ccc(-c2ccccn2)nc1.c1ccncc1. The molecule has 0 saturated heterocycles. The van der Waals surface area contributed by atoms with Crippen molar-refractivity contribution in [2.45, 2.75) is 0 Å². The molecule has 0 bridgehead atoms. The van der Waals surface area contributed by atoms with Crippen LogP contribution in [0.3, 0.4) is 0 Å². The summed E-state index contributed by atoms with van der Waals surface area (Å²) in [5.74, 6) is 0. The molecule has 180 valence electrons. The van der Waals surface area contributed by atoms with Gasteiger partial charge in [0.2, 0.25) is 0 Å². The average Bonchev–Trinajstić information content (AvgIpc) is 3.01. The van der Waals surface area contributed by atoms with E-state index in [9.17, 15) is 0 Å². The summed E-state index contributed by atoms with van der Waals surface area (Å²) < 4.78 is 0. The molecule has 0 aliphatic rings. The predicted octanol–water partition coefficient (Wildman–Crippen LogP) is 6.43. The van der Waals surface area contributed by atoms with Crippen molar-refractivity contribution in [3.05, 3.63) is 146 Å². The van der Waals surface area contributed by atoms with Crippen LogP contribution in [-0.4, -0.2) is 29.9 Å². The van der Waals surface area contributed by atoms with Crippen LogP contribution in [0.1, 0.15) is 0 Å². The van der Waals surface area contributed by atoms with Gasteiger partial charge in [0.1, 0.15) is 0 Å². The zero-order chi connectivity index (χ0) is 24.7. The van der Waals surface area contributed by atoms with Gasteiger partial charge in [-0.25, -0.2) is 4.98 Å². The van der Waals surface area contributed by atoms with E-state index in [1.807, 2.05) is 109 Å². The average molecular weight is 570 g/mol. The van der Waals surface area contributed by atoms with Crippen molar-refractivity contribution in [1.82, 2.24) is 29.9 Å². The van der Waals surface area contributed by atoms with Gasteiger partial charge in [0.05, 0.1) is 34.2 Å². The maximum atomic E-state index is 4.59. The van der Waals surface area contributed by atoms with E-state index in [4.69, 9.17) is 0 Å². The molecule has 0 saturated carbocycles. The molecule has 6 aromatic rings. The van der Waals surface area contributed by atoms with E-state index < -0.39 is 0 Å². The summed E-state index contributed by atoms with van der Waals surface area (Å²) in [6, 6.07) is 34.8. The number of hydrogen-bond donors (Lipinski definition) is 0. The Labute approximate surface area is 229 Å². The van der Waals surface area contributed by atoms with Gasteiger partial charge in [-0.2, -0.15) is 0 Å². The van der Waals surface area contributed by atoms with Crippen LogP contribution in [0.25, 0.3) is 34.2 Å². The zero-order valence-electron chi connectivity index (χ0n) is 19.9. The summed E-state index contributed by atoms with van der Waals surface area (Å²) >= 11 is 0. The fourth-order valence-electron chi connectivity index (χ4n) is 3.09. The van der Waals surface area contributed by atoms with E-state index in [0.717, 1.165) is 34.2 Å². The van der Waals surface area contributed by atoms with E-state index in [0.29, 0.717) is 0 Å². The molecule has 0 aliphatic carbocycles. The Morgan fingerprint density at radius 3 is 0.892 bits per heavy atom. The minimum atomic E-state index is 0. The Balaban J connectivity index is 0.000000172. The second-order valence-corrected chi connectivity index (χ2v) is 7.29. The molecule has 0 amide bonds. The fourth-order valence-corrected chi connectivity index (χ4v) is 3.09. The number of aromatic nitrogens is 6. The molecule has 0 radical (unpaired) electrons. The molecule has 0 atom stereocenters. The van der Waals surface area contributed by atoms with Gasteiger partial charge in [-0.1, -0.05) is 36.4 Å². The van der Waals surface area contributed by atoms with Crippen molar-refractivity contribution < 1.29 is 19.5 Å². The van der Waals surface area contributed by atoms with Gasteiger partial charge in [-0.3, -0.25) is 24.9 Å². The van der Waals surface area contributed by atoms with E-state index in [-0.39, 0.29) is 19.5 Å². The summed E-state index contributed by atoms with van der Waals surface area (Å²) in [6.45, 7) is 0. The Morgan fingerprint density at radius 1 is 0.297 bits per heavy atom. The first-order valence-corrected chi connectivity index (χ1v) is 11.4. The Hall–Kier alpha value is -4.48. The normalized spacial score (nSPS) is 9.41. The van der Waals surface area contributed by atoms with Gasteiger partial charge in [0, 0.05) is 37.2 Å². The molecule has 0 unspecified atom stereocenters. The number of pyridine rings is 6. The van der Waals surface area contributed by atoms with E-state index in [1.54, 1.807) is 37.2 Å². The third-order valence-corrected chi connectivity index (χ3v) is 4.76. The number of rotatable bonds is 3. The van der Waals surface area contributed by atoms with Gasteiger partial charge in [-0.15, -0.1) is 0 Å². The first-order chi connectivity index (χ1) is 17.9. The van der Waals surface area contributed by atoms with Crippen LogP contribution in [0.4, 0.5) is 0 Å². The summed E-state index contributed by atoms with van der Waals surface area (Å²) in [6.07, 6.45) is 10.6. The summed E-state index contributed by atoms with van der Waals surface area (Å²) in [5, 5.41) is 0. The van der Waals surface area contributed by atoms with Gasteiger partial charge in [0.25, 0.3) is 0 Å². The van der Waals surface area contributed by atoms with Crippen LogP contribution in [0, 0.1) is 0 Å². The van der Waals surface area contributed by atoms with Crippen LogP contribution in [0.15, 0.2) is 146 Å².